The van der Waals surface area contributed by atoms with Crippen molar-refractivity contribution >= 4 is 17.6 Å². The largest absolute Gasteiger partial charge is 0.497 e. The van der Waals surface area contributed by atoms with E-state index in [9.17, 15) is 9.59 Å². The van der Waals surface area contributed by atoms with Gasteiger partial charge in [-0.2, -0.15) is 0 Å². The minimum absolute atomic E-state index is 0.0619. The Hall–Kier alpha value is -4.36. The summed E-state index contributed by atoms with van der Waals surface area (Å²) in [5.74, 6) is 12.8. The lowest BCUT2D eigenvalue weighted by atomic mass is 10.1. The van der Waals surface area contributed by atoms with Crippen LogP contribution in [0.5, 0.6) is 5.75 Å². The smallest absolute Gasteiger partial charge is 0.269 e. The first-order chi connectivity index (χ1) is 16.9. The maximum atomic E-state index is 12.7. The van der Waals surface area contributed by atoms with Gasteiger partial charge in [0.25, 0.3) is 11.8 Å². The molecule has 2 aromatic heterocycles. The maximum Gasteiger partial charge on any atom is 0.269 e. The van der Waals surface area contributed by atoms with Crippen molar-refractivity contribution in [3.63, 3.8) is 0 Å². The summed E-state index contributed by atoms with van der Waals surface area (Å²) in [4.78, 5) is 36.0. The van der Waals surface area contributed by atoms with E-state index in [-0.39, 0.29) is 17.6 Å². The Balaban J connectivity index is 1.61. The van der Waals surface area contributed by atoms with E-state index in [0.29, 0.717) is 40.8 Å². The zero-order valence-electron chi connectivity index (χ0n) is 19.6. The number of methoxy groups -OCH3 is 1. The number of hydrogen-bond acceptors (Lipinski definition) is 7. The molecule has 1 unspecified atom stereocenters. The average molecular weight is 474 g/mol. The van der Waals surface area contributed by atoms with Crippen molar-refractivity contribution in [1.29, 1.82) is 0 Å². The zero-order valence-corrected chi connectivity index (χ0v) is 19.6. The number of carbonyl (C=O) groups excluding carboxylic acids is 2. The third-order valence-corrected chi connectivity index (χ3v) is 5.92. The molecule has 2 amide bonds. The van der Waals surface area contributed by atoms with Crippen LogP contribution in [0.1, 0.15) is 52.5 Å². The lowest BCUT2D eigenvalue weighted by Gasteiger charge is -2.21. The van der Waals surface area contributed by atoms with Crippen molar-refractivity contribution in [3.05, 3.63) is 59.7 Å². The summed E-state index contributed by atoms with van der Waals surface area (Å²) in [6, 6.07) is 9.95. The van der Waals surface area contributed by atoms with Crippen LogP contribution in [-0.2, 0) is 0 Å². The number of primary amides is 1. The molecule has 3 aromatic rings. The van der Waals surface area contributed by atoms with Gasteiger partial charge in [0.15, 0.2) is 5.69 Å². The van der Waals surface area contributed by atoms with E-state index in [1.165, 1.54) is 11.8 Å². The van der Waals surface area contributed by atoms with Crippen molar-refractivity contribution in [2.45, 2.75) is 25.8 Å². The Kier molecular flexibility index (Phi) is 6.98. The van der Waals surface area contributed by atoms with Crippen LogP contribution in [0.25, 0.3) is 11.3 Å². The van der Waals surface area contributed by atoms with Crippen LogP contribution in [0.4, 0.5) is 5.82 Å². The van der Waals surface area contributed by atoms with Crippen molar-refractivity contribution in [1.82, 2.24) is 19.5 Å². The van der Waals surface area contributed by atoms with Gasteiger partial charge < -0.3 is 21.6 Å². The molecule has 0 radical (unpaired) electrons. The Morgan fingerprint density at radius 3 is 2.71 bits per heavy atom. The minimum atomic E-state index is -0.676. The fourth-order valence-corrected chi connectivity index (χ4v) is 4.18. The topological polar surface area (TPSA) is 141 Å². The van der Waals surface area contributed by atoms with E-state index in [4.69, 9.17) is 21.3 Å². The van der Waals surface area contributed by atoms with Gasteiger partial charge in [0.05, 0.1) is 19.7 Å². The molecule has 180 valence electrons. The molecule has 0 spiro atoms. The number of rotatable bonds is 7. The van der Waals surface area contributed by atoms with E-state index < -0.39 is 5.91 Å². The molecule has 10 nitrogen and oxygen atoms in total. The number of pyridine rings is 1. The summed E-state index contributed by atoms with van der Waals surface area (Å²) in [6.45, 7) is 3.27. The molecular weight excluding hydrogens is 446 g/mol. The van der Waals surface area contributed by atoms with Crippen LogP contribution in [0.3, 0.4) is 0 Å². The van der Waals surface area contributed by atoms with Crippen molar-refractivity contribution in [2.24, 2.45) is 5.73 Å². The molecule has 1 fully saturated rings. The monoisotopic (exact) mass is 473 g/mol. The highest BCUT2D eigenvalue weighted by atomic mass is 16.5. The first-order valence-electron chi connectivity index (χ1n) is 11.2. The van der Waals surface area contributed by atoms with Gasteiger partial charge in [-0.1, -0.05) is 18.1 Å². The number of hydrogen-bond donors (Lipinski definition) is 3. The van der Waals surface area contributed by atoms with Crippen LogP contribution in [0, 0.1) is 11.8 Å². The summed E-state index contributed by atoms with van der Waals surface area (Å²) in [5.41, 5.74) is 7.20. The average Bonchev–Trinajstić information content (AvgIpc) is 3.46. The summed E-state index contributed by atoms with van der Waals surface area (Å²) >= 11 is 0. The number of carbonyl (C=O) groups is 2. The molecule has 1 atom stereocenters. The fraction of sp³-hybridized carbons (Fsp3) is 0.280. The molecule has 5 N–H and O–H groups in total. The van der Waals surface area contributed by atoms with Crippen LogP contribution in [-0.4, -0.2) is 51.6 Å². The highest BCUT2D eigenvalue weighted by Crippen LogP contribution is 2.34. The normalized spacial score (nSPS) is 15.3. The Labute approximate surface area is 203 Å². The van der Waals surface area contributed by atoms with Crippen molar-refractivity contribution in [2.75, 3.05) is 31.4 Å². The number of aromatic nitrogens is 3. The van der Waals surface area contributed by atoms with Gasteiger partial charge in [-0.3, -0.25) is 14.5 Å². The van der Waals surface area contributed by atoms with E-state index in [0.717, 1.165) is 19.4 Å². The fourth-order valence-electron chi connectivity index (χ4n) is 4.18. The second-order valence-electron chi connectivity index (χ2n) is 8.07. The molecule has 10 heteroatoms. The molecule has 3 heterocycles. The predicted molar refractivity (Wildman–Crippen MR) is 132 cm³/mol. The van der Waals surface area contributed by atoms with Gasteiger partial charge >= 0.3 is 0 Å². The molecule has 0 aliphatic carbocycles. The van der Waals surface area contributed by atoms with E-state index in [1.807, 2.05) is 0 Å². The number of nitrogens with two attached hydrogens (primary N) is 2. The van der Waals surface area contributed by atoms with Crippen molar-refractivity contribution in [3.8, 4) is 28.8 Å². The molecule has 1 aliphatic heterocycles. The zero-order chi connectivity index (χ0) is 24.9. The lowest BCUT2D eigenvalue weighted by Crippen LogP contribution is -2.30. The van der Waals surface area contributed by atoms with Crippen LogP contribution in [0.2, 0.25) is 0 Å². The lowest BCUT2D eigenvalue weighted by molar-refractivity contribution is 0.0991. The molecule has 35 heavy (non-hydrogen) atoms. The van der Waals surface area contributed by atoms with E-state index in [2.05, 4.69) is 27.0 Å². The molecule has 0 saturated carbocycles. The number of anilines is 1. The number of likely N-dealkylation sites (tertiary alicyclic amines) is 1. The molecule has 1 aromatic carbocycles. The standard InChI is InChI=1S/C25H27N7O3/c1-3-4-13-31-14-5-6-19(31)24-30-21(22(23(26)33)32(24)27)16-7-9-17(10-8-16)25(34)29-20-15-18(35-2)11-12-28-20/h7-12,15,19H,5-6,13-14,27H2,1-2H3,(H2,26,33)(H,28,29,34). The van der Waals surface area contributed by atoms with Gasteiger partial charge in [0, 0.05) is 23.4 Å². The Bertz CT molecular complexity index is 1300. The Morgan fingerprint density at radius 1 is 1.26 bits per heavy atom. The maximum absolute atomic E-state index is 12.7. The van der Waals surface area contributed by atoms with E-state index >= 15 is 0 Å². The third kappa shape index (κ3) is 4.95. The molecule has 0 bridgehead atoms. The highest BCUT2D eigenvalue weighted by molar-refractivity contribution is 6.04. The summed E-state index contributed by atoms with van der Waals surface area (Å²) in [7, 11) is 1.54. The van der Waals surface area contributed by atoms with Crippen LogP contribution < -0.4 is 21.6 Å². The number of nitrogens with zero attached hydrogens (tertiary/aromatic N) is 4. The number of nitrogens with one attached hydrogen (secondary N) is 1. The predicted octanol–water partition coefficient (Wildman–Crippen LogP) is 2.18. The summed E-state index contributed by atoms with van der Waals surface area (Å²) in [6.07, 6.45) is 3.38. The summed E-state index contributed by atoms with van der Waals surface area (Å²) in [5, 5.41) is 2.73. The van der Waals surface area contributed by atoms with Gasteiger partial charge in [-0.15, -0.1) is 5.92 Å². The molecular formula is C25H27N7O3. The Morgan fingerprint density at radius 2 is 2.03 bits per heavy atom. The quantitative estimate of drug-likeness (QED) is 0.353. The minimum Gasteiger partial charge on any atom is -0.497 e. The van der Waals surface area contributed by atoms with Gasteiger partial charge in [0.2, 0.25) is 0 Å². The van der Waals surface area contributed by atoms with Gasteiger partial charge in [-0.25, -0.2) is 14.6 Å². The van der Waals surface area contributed by atoms with Gasteiger partial charge in [0.1, 0.15) is 23.1 Å². The van der Waals surface area contributed by atoms with Crippen LogP contribution >= 0.6 is 0 Å². The highest BCUT2D eigenvalue weighted by Gasteiger charge is 2.32. The molecule has 4 rings (SSSR count). The van der Waals surface area contributed by atoms with Crippen LogP contribution in [0.15, 0.2) is 42.6 Å². The van der Waals surface area contributed by atoms with Gasteiger partial charge in [-0.05, 0) is 44.5 Å². The first kappa shape index (κ1) is 23.8. The summed E-state index contributed by atoms with van der Waals surface area (Å²) < 4.78 is 6.44. The molecule has 1 aliphatic rings. The second kappa shape index (κ2) is 10.3. The molecule has 1 saturated heterocycles. The van der Waals surface area contributed by atoms with Crippen molar-refractivity contribution < 1.29 is 14.3 Å². The first-order valence-corrected chi connectivity index (χ1v) is 11.2. The number of ether oxygens (including phenoxy) is 1. The number of imidazole rings is 1. The second-order valence-corrected chi connectivity index (χ2v) is 8.07. The number of nitrogen functional groups attached to an aromatic ring is 1. The number of amides is 2. The third-order valence-electron chi connectivity index (χ3n) is 5.92. The SMILES string of the molecule is CC#CCN1CCCC1c1nc(-c2ccc(C(=O)Nc3cc(OC)ccn3)cc2)c(C(N)=O)n1N. The number of benzene rings is 1. The van der Waals surface area contributed by atoms with E-state index in [1.54, 1.807) is 49.5 Å².